The van der Waals surface area contributed by atoms with Gasteiger partial charge in [0.25, 0.3) is 0 Å². The Kier molecular flexibility index (Phi) is 3.67. The van der Waals surface area contributed by atoms with Gasteiger partial charge >= 0.3 is 0 Å². The van der Waals surface area contributed by atoms with Gasteiger partial charge in [-0.25, -0.2) is 0 Å². The third-order valence-corrected chi connectivity index (χ3v) is 4.30. The molecule has 2 fully saturated rings. The average molecular weight is 244 g/mol. The van der Waals surface area contributed by atoms with Crippen molar-refractivity contribution >= 4 is 0 Å². The van der Waals surface area contributed by atoms with E-state index in [0.717, 1.165) is 24.9 Å². The molecule has 1 heterocycles. The molecule has 0 radical (unpaired) electrons. The van der Waals surface area contributed by atoms with E-state index in [4.69, 9.17) is 0 Å². The van der Waals surface area contributed by atoms with E-state index < -0.39 is 0 Å². The average Bonchev–Trinajstić information content (AvgIpc) is 3.14. The van der Waals surface area contributed by atoms with Crippen molar-refractivity contribution in [2.75, 3.05) is 26.7 Å². The maximum absolute atomic E-state index is 3.29. The molecule has 0 bridgehead atoms. The first-order valence-corrected chi connectivity index (χ1v) is 7.31. The van der Waals surface area contributed by atoms with E-state index in [1.807, 2.05) is 0 Å². The van der Waals surface area contributed by atoms with Gasteiger partial charge in [0.1, 0.15) is 0 Å². The van der Waals surface area contributed by atoms with Crippen molar-refractivity contribution in [2.45, 2.75) is 31.7 Å². The molecule has 2 aliphatic rings. The summed E-state index contributed by atoms with van der Waals surface area (Å²) in [5.41, 5.74) is 3.03. The lowest BCUT2D eigenvalue weighted by atomic mass is 10.1. The van der Waals surface area contributed by atoms with Crippen LogP contribution >= 0.6 is 0 Å². The maximum atomic E-state index is 3.29. The lowest BCUT2D eigenvalue weighted by Gasteiger charge is -2.16. The van der Waals surface area contributed by atoms with E-state index >= 15 is 0 Å². The number of hydrogen-bond donors (Lipinski definition) is 1. The molecule has 1 unspecified atom stereocenters. The molecule has 1 aliphatic heterocycles. The van der Waals surface area contributed by atoms with Gasteiger partial charge in [-0.05, 0) is 62.4 Å². The quantitative estimate of drug-likeness (QED) is 0.856. The van der Waals surface area contributed by atoms with Crippen LogP contribution in [0.2, 0.25) is 0 Å². The Morgan fingerprint density at radius 1 is 1.17 bits per heavy atom. The minimum absolute atomic E-state index is 0.848. The van der Waals surface area contributed by atoms with Crippen molar-refractivity contribution in [3.8, 4) is 0 Å². The minimum atomic E-state index is 0.848. The SMILES string of the molecule is CNCC1CCN(Cc2ccc(C3CC3)cc2)C1. The van der Waals surface area contributed by atoms with Crippen LogP contribution in [0.25, 0.3) is 0 Å². The molecule has 18 heavy (non-hydrogen) atoms. The number of hydrogen-bond acceptors (Lipinski definition) is 2. The van der Waals surface area contributed by atoms with E-state index in [1.165, 1.54) is 37.9 Å². The Bertz CT molecular complexity index is 381. The zero-order valence-corrected chi connectivity index (χ0v) is 11.4. The summed E-state index contributed by atoms with van der Waals surface area (Å²) in [6, 6.07) is 9.35. The molecule has 0 spiro atoms. The van der Waals surface area contributed by atoms with Crippen molar-refractivity contribution < 1.29 is 0 Å². The Balaban J connectivity index is 1.53. The van der Waals surface area contributed by atoms with Gasteiger partial charge in [-0.15, -0.1) is 0 Å². The van der Waals surface area contributed by atoms with Gasteiger partial charge in [-0.3, -0.25) is 4.90 Å². The van der Waals surface area contributed by atoms with Crippen molar-refractivity contribution in [3.05, 3.63) is 35.4 Å². The fourth-order valence-corrected chi connectivity index (χ4v) is 3.08. The highest BCUT2D eigenvalue weighted by atomic mass is 15.1. The molecule has 0 aromatic heterocycles. The number of rotatable bonds is 5. The van der Waals surface area contributed by atoms with Gasteiger partial charge in [0.15, 0.2) is 0 Å². The third-order valence-electron chi connectivity index (χ3n) is 4.30. The van der Waals surface area contributed by atoms with Crippen LogP contribution in [-0.2, 0) is 6.54 Å². The zero-order chi connectivity index (χ0) is 12.4. The number of nitrogens with one attached hydrogen (secondary N) is 1. The fraction of sp³-hybridized carbons (Fsp3) is 0.625. The monoisotopic (exact) mass is 244 g/mol. The van der Waals surface area contributed by atoms with Gasteiger partial charge in [0.05, 0.1) is 0 Å². The lowest BCUT2D eigenvalue weighted by molar-refractivity contribution is 0.315. The second-order valence-corrected chi connectivity index (χ2v) is 5.96. The molecular weight excluding hydrogens is 220 g/mol. The summed E-state index contributed by atoms with van der Waals surface area (Å²) in [4.78, 5) is 2.59. The van der Waals surface area contributed by atoms with Gasteiger partial charge < -0.3 is 5.32 Å². The molecule has 2 nitrogen and oxygen atoms in total. The summed E-state index contributed by atoms with van der Waals surface area (Å²) >= 11 is 0. The smallest absolute Gasteiger partial charge is 0.0233 e. The first-order chi connectivity index (χ1) is 8.85. The Morgan fingerprint density at radius 3 is 2.61 bits per heavy atom. The summed E-state index contributed by atoms with van der Waals surface area (Å²) in [7, 11) is 2.05. The molecule has 2 heteroatoms. The zero-order valence-electron chi connectivity index (χ0n) is 11.4. The van der Waals surface area contributed by atoms with E-state index in [0.29, 0.717) is 0 Å². The van der Waals surface area contributed by atoms with Crippen LogP contribution in [0.3, 0.4) is 0 Å². The van der Waals surface area contributed by atoms with E-state index in [1.54, 1.807) is 5.56 Å². The topological polar surface area (TPSA) is 15.3 Å². The van der Waals surface area contributed by atoms with Crippen LogP contribution in [0.4, 0.5) is 0 Å². The standard InChI is InChI=1S/C16H24N2/c1-17-10-14-8-9-18(12-14)11-13-2-4-15(5-3-13)16-6-7-16/h2-5,14,16-17H,6-12H2,1H3. The number of benzene rings is 1. The second-order valence-electron chi connectivity index (χ2n) is 5.96. The summed E-state index contributed by atoms with van der Waals surface area (Å²) < 4.78 is 0. The van der Waals surface area contributed by atoms with Gasteiger partial charge in [-0.2, -0.15) is 0 Å². The van der Waals surface area contributed by atoms with Crippen LogP contribution in [0, 0.1) is 5.92 Å². The normalized spacial score (nSPS) is 24.6. The molecule has 0 amide bonds. The molecule has 1 atom stereocenters. The van der Waals surface area contributed by atoms with Gasteiger partial charge in [-0.1, -0.05) is 24.3 Å². The Morgan fingerprint density at radius 2 is 1.94 bits per heavy atom. The van der Waals surface area contributed by atoms with Crippen molar-refractivity contribution in [1.29, 1.82) is 0 Å². The van der Waals surface area contributed by atoms with Crippen LogP contribution in [0.15, 0.2) is 24.3 Å². The van der Waals surface area contributed by atoms with E-state index in [-0.39, 0.29) is 0 Å². The lowest BCUT2D eigenvalue weighted by Crippen LogP contribution is -2.24. The van der Waals surface area contributed by atoms with Gasteiger partial charge in [0, 0.05) is 13.1 Å². The molecule has 1 saturated heterocycles. The number of likely N-dealkylation sites (tertiary alicyclic amines) is 1. The third kappa shape index (κ3) is 2.93. The summed E-state index contributed by atoms with van der Waals surface area (Å²) in [5.74, 6) is 1.73. The molecule has 1 saturated carbocycles. The van der Waals surface area contributed by atoms with Crippen molar-refractivity contribution in [3.63, 3.8) is 0 Å². The second kappa shape index (κ2) is 5.41. The van der Waals surface area contributed by atoms with Crippen LogP contribution in [-0.4, -0.2) is 31.6 Å². The summed E-state index contributed by atoms with van der Waals surface area (Å²) in [5, 5.41) is 3.29. The van der Waals surface area contributed by atoms with Crippen LogP contribution in [0.5, 0.6) is 0 Å². The van der Waals surface area contributed by atoms with Gasteiger partial charge in [0.2, 0.25) is 0 Å². The maximum Gasteiger partial charge on any atom is 0.0233 e. The first-order valence-electron chi connectivity index (χ1n) is 7.31. The highest BCUT2D eigenvalue weighted by molar-refractivity contribution is 5.28. The largest absolute Gasteiger partial charge is 0.319 e. The van der Waals surface area contributed by atoms with Crippen molar-refractivity contribution in [1.82, 2.24) is 10.2 Å². The molecule has 1 N–H and O–H groups in total. The van der Waals surface area contributed by atoms with Crippen molar-refractivity contribution in [2.24, 2.45) is 5.92 Å². The molecule has 98 valence electrons. The molecule has 3 rings (SSSR count). The van der Waals surface area contributed by atoms with E-state index in [9.17, 15) is 0 Å². The fourth-order valence-electron chi connectivity index (χ4n) is 3.08. The molecule has 1 aromatic carbocycles. The molecule has 1 aliphatic carbocycles. The van der Waals surface area contributed by atoms with Crippen LogP contribution in [0.1, 0.15) is 36.3 Å². The number of nitrogens with zero attached hydrogens (tertiary/aromatic N) is 1. The Hall–Kier alpha value is -0.860. The summed E-state index contributed by atoms with van der Waals surface area (Å²) in [6.45, 7) is 4.81. The Labute approximate surface area is 110 Å². The highest BCUT2D eigenvalue weighted by Crippen LogP contribution is 2.39. The van der Waals surface area contributed by atoms with Crippen LogP contribution < -0.4 is 5.32 Å². The molecule has 1 aromatic rings. The minimum Gasteiger partial charge on any atom is -0.319 e. The predicted molar refractivity (Wildman–Crippen MR) is 75.7 cm³/mol. The van der Waals surface area contributed by atoms with E-state index in [2.05, 4.69) is 41.5 Å². The predicted octanol–water partition coefficient (Wildman–Crippen LogP) is 2.61. The molecular formula is C16H24N2. The first kappa shape index (κ1) is 12.2. The highest BCUT2D eigenvalue weighted by Gasteiger charge is 2.24. The summed E-state index contributed by atoms with van der Waals surface area (Å²) in [6.07, 6.45) is 4.15.